The molecule has 0 N–H and O–H groups in total. The van der Waals surface area contributed by atoms with Gasteiger partial charge in [0.15, 0.2) is 0 Å². The summed E-state index contributed by atoms with van der Waals surface area (Å²) >= 11 is 1.66. The number of carbonyl (C=O) groups excluding carboxylic acids is 1. The number of pyridine rings is 1. The van der Waals surface area contributed by atoms with Crippen molar-refractivity contribution in [3.05, 3.63) is 41.4 Å². The lowest BCUT2D eigenvalue weighted by Gasteiger charge is -2.26. The average Bonchev–Trinajstić information content (AvgIpc) is 3.02. The van der Waals surface area contributed by atoms with Crippen molar-refractivity contribution in [3.8, 4) is 10.6 Å². The number of nitrogens with zero attached hydrogens (tertiary/aromatic N) is 2. The molecule has 2 aromatic rings. The maximum absolute atomic E-state index is 12.3. The van der Waals surface area contributed by atoms with Crippen LogP contribution in [0.2, 0.25) is 0 Å². The van der Waals surface area contributed by atoms with E-state index in [4.69, 9.17) is 0 Å². The van der Waals surface area contributed by atoms with Gasteiger partial charge in [-0.2, -0.15) is 0 Å². The Labute approximate surface area is 116 Å². The first-order valence-corrected chi connectivity index (χ1v) is 7.52. The predicted octanol–water partition coefficient (Wildman–Crippen LogP) is 3.44. The Morgan fingerprint density at radius 1 is 1.16 bits per heavy atom. The SMILES string of the molecule is O=C(c1ccc(-c2cccs2)nc1)N1CCCCC1. The number of carbonyl (C=O) groups is 1. The lowest BCUT2D eigenvalue weighted by Crippen LogP contribution is -2.35. The van der Waals surface area contributed by atoms with Crippen molar-refractivity contribution in [1.82, 2.24) is 9.88 Å². The Kier molecular flexibility index (Phi) is 3.60. The number of hydrogen-bond acceptors (Lipinski definition) is 3. The Morgan fingerprint density at radius 3 is 2.63 bits per heavy atom. The van der Waals surface area contributed by atoms with Crippen LogP contribution < -0.4 is 0 Å². The number of aromatic nitrogens is 1. The van der Waals surface area contributed by atoms with E-state index < -0.39 is 0 Å². The Bertz CT molecular complexity index is 542. The third-order valence-corrected chi connectivity index (χ3v) is 4.32. The zero-order valence-electron chi connectivity index (χ0n) is 10.7. The highest BCUT2D eigenvalue weighted by Gasteiger charge is 2.18. The lowest BCUT2D eigenvalue weighted by molar-refractivity contribution is 0.0724. The molecule has 1 fully saturated rings. The summed E-state index contributed by atoms with van der Waals surface area (Å²) in [4.78, 5) is 19.8. The molecule has 1 amide bonds. The molecule has 0 radical (unpaired) electrons. The van der Waals surface area contributed by atoms with Gasteiger partial charge in [0.1, 0.15) is 0 Å². The fourth-order valence-electron chi connectivity index (χ4n) is 2.37. The van der Waals surface area contributed by atoms with Gasteiger partial charge >= 0.3 is 0 Å². The minimum atomic E-state index is 0.116. The Morgan fingerprint density at radius 2 is 2.00 bits per heavy atom. The van der Waals surface area contributed by atoms with Crippen LogP contribution in [0.4, 0.5) is 0 Å². The average molecular weight is 272 g/mol. The maximum atomic E-state index is 12.3. The molecule has 1 saturated heterocycles. The number of piperidine rings is 1. The number of likely N-dealkylation sites (tertiary alicyclic amines) is 1. The van der Waals surface area contributed by atoms with Crippen LogP contribution in [0.5, 0.6) is 0 Å². The summed E-state index contributed by atoms with van der Waals surface area (Å²) in [5.74, 6) is 0.116. The maximum Gasteiger partial charge on any atom is 0.255 e. The highest BCUT2D eigenvalue weighted by atomic mass is 32.1. The first-order valence-electron chi connectivity index (χ1n) is 6.64. The van der Waals surface area contributed by atoms with Crippen molar-refractivity contribution < 1.29 is 4.79 Å². The van der Waals surface area contributed by atoms with Gasteiger partial charge < -0.3 is 4.90 Å². The predicted molar refractivity (Wildman–Crippen MR) is 77.3 cm³/mol. The van der Waals surface area contributed by atoms with Gasteiger partial charge in [0, 0.05) is 19.3 Å². The number of rotatable bonds is 2. The van der Waals surface area contributed by atoms with Crippen LogP contribution in [0.15, 0.2) is 35.8 Å². The molecule has 3 rings (SSSR count). The molecule has 4 heteroatoms. The highest BCUT2D eigenvalue weighted by Crippen LogP contribution is 2.22. The molecule has 19 heavy (non-hydrogen) atoms. The largest absolute Gasteiger partial charge is 0.339 e. The molecule has 0 unspecified atom stereocenters. The van der Waals surface area contributed by atoms with Gasteiger partial charge in [-0.1, -0.05) is 6.07 Å². The minimum Gasteiger partial charge on any atom is -0.339 e. The van der Waals surface area contributed by atoms with Crippen LogP contribution in [0.25, 0.3) is 10.6 Å². The minimum absolute atomic E-state index is 0.116. The van der Waals surface area contributed by atoms with E-state index in [2.05, 4.69) is 4.98 Å². The van der Waals surface area contributed by atoms with E-state index in [-0.39, 0.29) is 5.91 Å². The fourth-order valence-corrected chi connectivity index (χ4v) is 3.07. The molecule has 3 heterocycles. The van der Waals surface area contributed by atoms with Gasteiger partial charge in [0.25, 0.3) is 5.91 Å². The van der Waals surface area contributed by atoms with Crippen molar-refractivity contribution in [2.75, 3.05) is 13.1 Å². The van der Waals surface area contributed by atoms with Crippen LogP contribution in [-0.2, 0) is 0 Å². The smallest absolute Gasteiger partial charge is 0.255 e. The Balaban J connectivity index is 1.76. The van der Waals surface area contributed by atoms with Gasteiger partial charge in [-0.15, -0.1) is 11.3 Å². The van der Waals surface area contributed by atoms with E-state index >= 15 is 0 Å². The molecule has 1 aliphatic rings. The molecular weight excluding hydrogens is 256 g/mol. The van der Waals surface area contributed by atoms with Crippen LogP contribution >= 0.6 is 11.3 Å². The van der Waals surface area contributed by atoms with Crippen LogP contribution in [0.1, 0.15) is 29.6 Å². The second-order valence-corrected chi connectivity index (χ2v) is 5.71. The van der Waals surface area contributed by atoms with E-state index in [1.54, 1.807) is 17.5 Å². The zero-order chi connectivity index (χ0) is 13.1. The molecule has 0 aromatic carbocycles. The molecule has 3 nitrogen and oxygen atoms in total. The third kappa shape index (κ3) is 2.68. The molecule has 2 aromatic heterocycles. The van der Waals surface area contributed by atoms with Gasteiger partial charge in [-0.3, -0.25) is 9.78 Å². The highest BCUT2D eigenvalue weighted by molar-refractivity contribution is 7.13. The lowest BCUT2D eigenvalue weighted by atomic mass is 10.1. The Hall–Kier alpha value is -1.68. The summed E-state index contributed by atoms with van der Waals surface area (Å²) in [5, 5.41) is 2.03. The van der Waals surface area contributed by atoms with Crippen LogP contribution in [0.3, 0.4) is 0 Å². The van der Waals surface area contributed by atoms with Gasteiger partial charge in [0.2, 0.25) is 0 Å². The molecule has 0 atom stereocenters. The van der Waals surface area contributed by atoms with Crippen LogP contribution in [0, 0.1) is 0 Å². The normalized spacial score (nSPS) is 15.5. The summed E-state index contributed by atoms with van der Waals surface area (Å²) < 4.78 is 0. The van der Waals surface area contributed by atoms with Crippen molar-refractivity contribution in [2.24, 2.45) is 0 Å². The number of thiophene rings is 1. The van der Waals surface area contributed by atoms with E-state index in [0.717, 1.165) is 36.5 Å². The van der Waals surface area contributed by atoms with Crippen molar-refractivity contribution in [2.45, 2.75) is 19.3 Å². The first-order chi connectivity index (χ1) is 9.34. The third-order valence-electron chi connectivity index (χ3n) is 3.43. The molecule has 1 aliphatic heterocycles. The summed E-state index contributed by atoms with van der Waals surface area (Å²) in [6.07, 6.45) is 5.17. The van der Waals surface area contributed by atoms with E-state index in [1.807, 2.05) is 34.5 Å². The monoisotopic (exact) mass is 272 g/mol. The molecule has 0 aliphatic carbocycles. The molecule has 98 valence electrons. The molecular formula is C15H16N2OS. The second kappa shape index (κ2) is 5.53. The van der Waals surface area contributed by atoms with Crippen LogP contribution in [-0.4, -0.2) is 28.9 Å². The zero-order valence-corrected chi connectivity index (χ0v) is 11.5. The van der Waals surface area contributed by atoms with E-state index in [1.165, 1.54) is 6.42 Å². The van der Waals surface area contributed by atoms with Crippen molar-refractivity contribution in [1.29, 1.82) is 0 Å². The van der Waals surface area contributed by atoms with Gasteiger partial charge in [-0.05, 0) is 42.8 Å². The first kappa shape index (κ1) is 12.4. The quantitative estimate of drug-likeness (QED) is 0.839. The van der Waals surface area contributed by atoms with Crippen molar-refractivity contribution in [3.63, 3.8) is 0 Å². The van der Waals surface area contributed by atoms with Crippen molar-refractivity contribution >= 4 is 17.2 Å². The van der Waals surface area contributed by atoms with E-state index in [0.29, 0.717) is 5.56 Å². The number of hydrogen-bond donors (Lipinski definition) is 0. The van der Waals surface area contributed by atoms with Gasteiger partial charge in [0.05, 0.1) is 16.1 Å². The standard InChI is InChI=1S/C15H16N2OS/c18-15(17-8-2-1-3-9-17)12-6-7-13(16-11-12)14-5-4-10-19-14/h4-7,10-11H,1-3,8-9H2. The van der Waals surface area contributed by atoms with Gasteiger partial charge in [-0.25, -0.2) is 0 Å². The van der Waals surface area contributed by atoms with E-state index in [9.17, 15) is 4.79 Å². The topological polar surface area (TPSA) is 33.2 Å². The molecule has 0 saturated carbocycles. The molecule has 0 spiro atoms. The summed E-state index contributed by atoms with van der Waals surface area (Å²) in [6.45, 7) is 1.76. The molecule has 0 bridgehead atoms. The number of amides is 1. The summed E-state index contributed by atoms with van der Waals surface area (Å²) in [7, 11) is 0. The fraction of sp³-hybridized carbons (Fsp3) is 0.333. The summed E-state index contributed by atoms with van der Waals surface area (Å²) in [6, 6.07) is 7.87. The second-order valence-electron chi connectivity index (χ2n) is 4.76. The summed E-state index contributed by atoms with van der Waals surface area (Å²) in [5.41, 5.74) is 1.63.